The molecule has 0 saturated carbocycles. The fourth-order valence-electron chi connectivity index (χ4n) is 4.98. The van der Waals surface area contributed by atoms with Gasteiger partial charge in [0.1, 0.15) is 5.82 Å². The zero-order chi connectivity index (χ0) is 22.6. The zero-order valence-corrected chi connectivity index (χ0v) is 19.2. The summed E-state index contributed by atoms with van der Waals surface area (Å²) in [7, 11) is 0. The van der Waals surface area contributed by atoms with Crippen LogP contribution in [-0.4, -0.2) is 33.4 Å². The predicted octanol–water partition coefficient (Wildman–Crippen LogP) is 4.04. The first kappa shape index (κ1) is 21.8. The summed E-state index contributed by atoms with van der Waals surface area (Å²) in [5, 5.41) is 3.59. The van der Waals surface area contributed by atoms with E-state index in [9.17, 15) is 9.59 Å². The minimum absolute atomic E-state index is 0.0119. The number of fused-ring (bicyclic) bond motifs is 2. The van der Waals surface area contributed by atoms with E-state index in [1.807, 2.05) is 4.57 Å². The van der Waals surface area contributed by atoms with Gasteiger partial charge in [-0.2, -0.15) is 0 Å². The third-order valence-corrected chi connectivity index (χ3v) is 6.91. The number of aromatic nitrogens is 2. The number of nitrogens with zero attached hydrogens (tertiary/aromatic N) is 3. The van der Waals surface area contributed by atoms with Crippen molar-refractivity contribution in [3.05, 3.63) is 75.3 Å². The van der Waals surface area contributed by atoms with Crippen LogP contribution in [0.2, 0.25) is 0 Å². The van der Waals surface area contributed by atoms with Crippen LogP contribution in [0.15, 0.2) is 47.3 Å². The van der Waals surface area contributed by atoms with Crippen molar-refractivity contribution in [3.63, 3.8) is 0 Å². The molecule has 2 aromatic carbocycles. The molecule has 0 bridgehead atoms. The van der Waals surface area contributed by atoms with Crippen molar-refractivity contribution in [2.24, 2.45) is 0 Å². The Bertz CT molecular complexity index is 1190. The van der Waals surface area contributed by atoms with Crippen LogP contribution in [0.4, 0.5) is 0 Å². The summed E-state index contributed by atoms with van der Waals surface area (Å²) in [6.45, 7) is 4.58. The number of likely N-dealkylation sites (tertiary alicyclic amines) is 1. The van der Waals surface area contributed by atoms with Crippen LogP contribution in [0.25, 0.3) is 10.9 Å². The van der Waals surface area contributed by atoms with Gasteiger partial charge in [0.05, 0.1) is 10.9 Å². The molecule has 1 amide bonds. The summed E-state index contributed by atoms with van der Waals surface area (Å²) in [4.78, 5) is 33.0. The molecule has 0 radical (unpaired) electrons. The molecular formula is C27H32N4O2. The molecule has 0 unspecified atom stereocenters. The van der Waals surface area contributed by atoms with Gasteiger partial charge in [-0.3, -0.25) is 19.1 Å². The maximum Gasteiger partial charge on any atom is 0.261 e. The summed E-state index contributed by atoms with van der Waals surface area (Å²) in [5.74, 6) is 0.700. The average molecular weight is 445 g/mol. The van der Waals surface area contributed by atoms with Crippen LogP contribution < -0.4 is 10.9 Å². The quantitative estimate of drug-likeness (QED) is 0.645. The Kier molecular flexibility index (Phi) is 6.53. The van der Waals surface area contributed by atoms with Gasteiger partial charge in [-0.25, -0.2) is 4.98 Å². The lowest BCUT2D eigenvalue weighted by Crippen LogP contribution is -2.27. The lowest BCUT2D eigenvalue weighted by atomic mass is 10.1. The summed E-state index contributed by atoms with van der Waals surface area (Å²) in [5.41, 5.74) is 3.56. The predicted molar refractivity (Wildman–Crippen MR) is 130 cm³/mol. The van der Waals surface area contributed by atoms with Gasteiger partial charge in [0.25, 0.3) is 11.5 Å². The molecule has 1 aromatic heterocycles. The summed E-state index contributed by atoms with van der Waals surface area (Å²) in [6, 6.07) is 13.7. The van der Waals surface area contributed by atoms with Crippen molar-refractivity contribution in [3.8, 4) is 0 Å². The van der Waals surface area contributed by atoms with E-state index in [-0.39, 0.29) is 11.5 Å². The van der Waals surface area contributed by atoms with Crippen LogP contribution in [0.1, 0.15) is 65.8 Å². The van der Waals surface area contributed by atoms with Crippen LogP contribution in [0.5, 0.6) is 0 Å². The fourth-order valence-corrected chi connectivity index (χ4v) is 4.98. The second-order valence-electron chi connectivity index (χ2n) is 9.36. The van der Waals surface area contributed by atoms with Gasteiger partial charge in [0.2, 0.25) is 0 Å². The molecule has 3 heterocycles. The monoisotopic (exact) mass is 444 g/mol. The first-order chi connectivity index (χ1) is 16.2. The molecule has 6 nitrogen and oxygen atoms in total. The summed E-state index contributed by atoms with van der Waals surface area (Å²) in [6.07, 6.45) is 7.81. The second kappa shape index (κ2) is 9.87. The largest absolute Gasteiger partial charge is 0.348 e. The van der Waals surface area contributed by atoms with Crippen LogP contribution in [0.3, 0.4) is 0 Å². The maximum atomic E-state index is 13.0. The maximum absolute atomic E-state index is 13.0. The van der Waals surface area contributed by atoms with E-state index in [4.69, 9.17) is 4.98 Å². The highest BCUT2D eigenvalue weighted by atomic mass is 16.1. The Balaban J connectivity index is 1.27. The first-order valence-corrected chi connectivity index (χ1v) is 12.3. The van der Waals surface area contributed by atoms with Gasteiger partial charge in [-0.05, 0) is 68.1 Å². The molecule has 6 heteroatoms. The number of amides is 1. The highest BCUT2D eigenvalue weighted by Gasteiger charge is 2.15. The number of hydrogen-bond donors (Lipinski definition) is 1. The number of carbonyl (C=O) groups excluding carboxylic acids is 1. The van der Waals surface area contributed by atoms with Gasteiger partial charge < -0.3 is 5.32 Å². The third-order valence-electron chi connectivity index (χ3n) is 6.91. The Morgan fingerprint density at radius 3 is 2.42 bits per heavy atom. The highest BCUT2D eigenvalue weighted by Crippen LogP contribution is 2.17. The van der Waals surface area contributed by atoms with Crippen molar-refractivity contribution >= 4 is 16.8 Å². The van der Waals surface area contributed by atoms with E-state index in [0.717, 1.165) is 50.2 Å². The molecule has 2 aliphatic rings. The van der Waals surface area contributed by atoms with Gasteiger partial charge in [-0.1, -0.05) is 37.1 Å². The molecule has 0 aliphatic carbocycles. The fraction of sp³-hybridized carbons (Fsp3) is 0.444. The molecule has 2 aliphatic heterocycles. The number of aryl methyl sites for hydroxylation is 1. The van der Waals surface area contributed by atoms with Crippen LogP contribution in [0, 0.1) is 0 Å². The number of nitrogens with one attached hydrogen (secondary N) is 1. The Hall–Kier alpha value is -2.99. The lowest BCUT2D eigenvalue weighted by molar-refractivity contribution is 0.0951. The van der Waals surface area contributed by atoms with E-state index in [1.165, 1.54) is 37.9 Å². The molecule has 5 rings (SSSR count). The van der Waals surface area contributed by atoms with Crippen molar-refractivity contribution in [1.29, 1.82) is 0 Å². The smallest absolute Gasteiger partial charge is 0.261 e. The molecule has 1 saturated heterocycles. The molecule has 1 N–H and O–H groups in total. The molecule has 0 spiro atoms. The molecule has 33 heavy (non-hydrogen) atoms. The zero-order valence-electron chi connectivity index (χ0n) is 19.2. The van der Waals surface area contributed by atoms with Crippen LogP contribution >= 0.6 is 0 Å². The highest BCUT2D eigenvalue weighted by molar-refractivity contribution is 5.97. The van der Waals surface area contributed by atoms with E-state index < -0.39 is 0 Å². The van der Waals surface area contributed by atoms with Crippen molar-refractivity contribution in [2.75, 3.05) is 13.1 Å². The molecule has 0 atom stereocenters. The number of rotatable bonds is 5. The van der Waals surface area contributed by atoms with Gasteiger partial charge in [0, 0.05) is 31.6 Å². The van der Waals surface area contributed by atoms with Crippen molar-refractivity contribution in [1.82, 2.24) is 19.8 Å². The Morgan fingerprint density at radius 2 is 1.61 bits per heavy atom. The van der Waals surface area contributed by atoms with E-state index >= 15 is 0 Å². The summed E-state index contributed by atoms with van der Waals surface area (Å²) < 4.78 is 1.83. The number of carbonyl (C=O) groups is 1. The Morgan fingerprint density at radius 1 is 0.879 bits per heavy atom. The van der Waals surface area contributed by atoms with Crippen molar-refractivity contribution < 1.29 is 4.79 Å². The van der Waals surface area contributed by atoms with Gasteiger partial charge in [0.15, 0.2) is 0 Å². The third kappa shape index (κ3) is 5.01. The molecule has 172 valence electrons. The first-order valence-electron chi connectivity index (χ1n) is 12.3. The van der Waals surface area contributed by atoms with E-state index in [1.54, 1.807) is 18.2 Å². The standard InChI is InChI=1S/C27H32N4O2/c32-26(28-18-20-8-10-21(11-9-20)19-30-14-5-6-15-30)22-12-13-23-24(17-22)29-25-7-3-1-2-4-16-31(25)27(23)33/h8-13,17H,1-7,14-16,18-19H2,(H,28,32). The number of benzene rings is 2. The molecular weight excluding hydrogens is 412 g/mol. The number of hydrogen-bond acceptors (Lipinski definition) is 4. The van der Waals surface area contributed by atoms with Gasteiger partial charge in [-0.15, -0.1) is 0 Å². The Labute approximate surface area is 194 Å². The van der Waals surface area contributed by atoms with E-state index in [2.05, 4.69) is 34.5 Å². The molecule has 3 aromatic rings. The topological polar surface area (TPSA) is 67.2 Å². The van der Waals surface area contributed by atoms with Gasteiger partial charge >= 0.3 is 0 Å². The lowest BCUT2D eigenvalue weighted by Gasteiger charge is -2.16. The average Bonchev–Trinajstić information content (AvgIpc) is 3.32. The SMILES string of the molecule is O=C(NCc1ccc(CN2CCCC2)cc1)c1ccc2c(=O)n3c(nc2c1)CCCCCC3. The van der Waals surface area contributed by atoms with Crippen molar-refractivity contribution in [2.45, 2.75) is 64.6 Å². The second-order valence-corrected chi connectivity index (χ2v) is 9.36. The van der Waals surface area contributed by atoms with E-state index in [0.29, 0.717) is 23.0 Å². The molecule has 1 fully saturated rings. The normalized spacial score (nSPS) is 16.8. The van der Waals surface area contributed by atoms with Crippen LogP contribution in [-0.2, 0) is 26.1 Å². The summed E-state index contributed by atoms with van der Waals surface area (Å²) >= 11 is 0. The minimum Gasteiger partial charge on any atom is -0.348 e. The minimum atomic E-state index is -0.147.